The fourth-order valence-electron chi connectivity index (χ4n) is 1.62. The molecule has 0 radical (unpaired) electrons. The maximum absolute atomic E-state index is 5.93. The summed E-state index contributed by atoms with van der Waals surface area (Å²) in [5, 5.41) is 0. The first kappa shape index (κ1) is 12.4. The lowest BCUT2D eigenvalue weighted by atomic mass is 10.1. The predicted octanol–water partition coefficient (Wildman–Crippen LogP) is 2.96. The summed E-state index contributed by atoms with van der Waals surface area (Å²) in [6.07, 6.45) is 0. The van der Waals surface area contributed by atoms with Crippen LogP contribution in [0.3, 0.4) is 0 Å². The third-order valence-electron chi connectivity index (χ3n) is 2.49. The Kier molecular flexibility index (Phi) is 4.02. The number of halogens is 1. The van der Waals surface area contributed by atoms with Crippen molar-refractivity contribution in [1.29, 1.82) is 0 Å². The van der Waals surface area contributed by atoms with Gasteiger partial charge in [-0.15, -0.1) is 11.3 Å². The summed E-state index contributed by atoms with van der Waals surface area (Å²) in [5.74, 6) is 6.43. The minimum Gasteiger partial charge on any atom is -0.497 e. The zero-order valence-electron chi connectivity index (χ0n) is 9.31. The first-order valence-corrected chi connectivity index (χ1v) is 6.29. The van der Waals surface area contributed by atoms with Gasteiger partial charge in [0.2, 0.25) is 0 Å². The molecule has 0 fully saturated rings. The molecule has 1 atom stereocenters. The van der Waals surface area contributed by atoms with Gasteiger partial charge in [-0.3, -0.25) is 5.84 Å². The molecule has 0 aliphatic rings. The van der Waals surface area contributed by atoms with Crippen LogP contribution in [0.5, 0.6) is 5.75 Å². The van der Waals surface area contributed by atoms with E-state index in [4.69, 9.17) is 22.2 Å². The van der Waals surface area contributed by atoms with Crippen LogP contribution in [0.2, 0.25) is 4.34 Å². The lowest BCUT2D eigenvalue weighted by Crippen LogP contribution is -2.28. The van der Waals surface area contributed by atoms with E-state index in [0.29, 0.717) is 0 Å². The number of ether oxygens (including phenoxy) is 1. The van der Waals surface area contributed by atoms with E-state index in [2.05, 4.69) is 5.43 Å². The van der Waals surface area contributed by atoms with Crippen LogP contribution in [0.15, 0.2) is 36.4 Å². The molecule has 0 saturated heterocycles. The highest BCUT2D eigenvalue weighted by Crippen LogP contribution is 2.31. The molecule has 1 heterocycles. The maximum Gasteiger partial charge on any atom is 0.118 e. The first-order valence-electron chi connectivity index (χ1n) is 5.10. The van der Waals surface area contributed by atoms with Crippen molar-refractivity contribution in [3.8, 4) is 5.75 Å². The molecule has 0 bridgehead atoms. The molecule has 3 N–H and O–H groups in total. The minimum absolute atomic E-state index is 0.0431. The van der Waals surface area contributed by atoms with Crippen molar-refractivity contribution in [3.05, 3.63) is 51.2 Å². The monoisotopic (exact) mass is 268 g/mol. The lowest BCUT2D eigenvalue weighted by molar-refractivity contribution is 0.414. The summed E-state index contributed by atoms with van der Waals surface area (Å²) in [7, 11) is 1.65. The average Bonchev–Trinajstić information content (AvgIpc) is 2.78. The molecule has 3 nitrogen and oxygen atoms in total. The van der Waals surface area contributed by atoms with Crippen LogP contribution in [0.1, 0.15) is 16.5 Å². The summed E-state index contributed by atoms with van der Waals surface area (Å²) < 4.78 is 5.88. The fraction of sp³-hybridized carbons (Fsp3) is 0.167. The Bertz CT molecular complexity index is 484. The van der Waals surface area contributed by atoms with Gasteiger partial charge in [0.25, 0.3) is 0 Å². The predicted molar refractivity (Wildman–Crippen MR) is 71.5 cm³/mol. The van der Waals surface area contributed by atoms with Crippen molar-refractivity contribution in [2.75, 3.05) is 7.11 Å². The lowest BCUT2D eigenvalue weighted by Gasteiger charge is -2.14. The molecular formula is C12H13ClN2OS. The molecule has 0 aliphatic heterocycles. The molecule has 2 aromatic rings. The molecule has 1 aromatic heterocycles. The third kappa shape index (κ3) is 2.79. The molecular weight excluding hydrogens is 256 g/mol. The number of benzene rings is 1. The van der Waals surface area contributed by atoms with Gasteiger partial charge in [0, 0.05) is 4.88 Å². The number of hydrogen-bond donors (Lipinski definition) is 2. The van der Waals surface area contributed by atoms with E-state index in [1.807, 2.05) is 36.4 Å². The highest BCUT2D eigenvalue weighted by molar-refractivity contribution is 7.16. The maximum atomic E-state index is 5.93. The number of hydrazine groups is 1. The van der Waals surface area contributed by atoms with E-state index in [9.17, 15) is 0 Å². The largest absolute Gasteiger partial charge is 0.497 e. The van der Waals surface area contributed by atoms with E-state index >= 15 is 0 Å². The summed E-state index contributed by atoms with van der Waals surface area (Å²) >= 11 is 7.44. The molecule has 1 unspecified atom stereocenters. The zero-order valence-corrected chi connectivity index (χ0v) is 10.9. The highest BCUT2D eigenvalue weighted by Gasteiger charge is 2.14. The van der Waals surface area contributed by atoms with Crippen LogP contribution in [0.25, 0.3) is 0 Å². The second-order valence-corrected chi connectivity index (χ2v) is 5.26. The van der Waals surface area contributed by atoms with E-state index in [0.717, 1.165) is 20.5 Å². The van der Waals surface area contributed by atoms with Gasteiger partial charge in [-0.25, -0.2) is 5.43 Å². The summed E-state index contributed by atoms with van der Waals surface area (Å²) in [6, 6.07) is 11.6. The van der Waals surface area contributed by atoms with Crippen molar-refractivity contribution in [3.63, 3.8) is 0 Å². The standard InChI is InChI=1S/C12H13ClN2OS/c1-16-9-4-2-8(3-5-9)12(15-14)10-6-7-11(13)17-10/h2-7,12,15H,14H2,1H3. The van der Waals surface area contributed by atoms with Crippen molar-refractivity contribution >= 4 is 22.9 Å². The van der Waals surface area contributed by atoms with Gasteiger partial charge in [-0.2, -0.15) is 0 Å². The number of nitrogens with one attached hydrogen (secondary N) is 1. The quantitative estimate of drug-likeness (QED) is 0.662. The topological polar surface area (TPSA) is 47.3 Å². The molecule has 1 aromatic carbocycles. The van der Waals surface area contributed by atoms with Crippen molar-refractivity contribution < 1.29 is 4.74 Å². The summed E-state index contributed by atoms with van der Waals surface area (Å²) in [4.78, 5) is 1.09. The minimum atomic E-state index is -0.0431. The molecule has 17 heavy (non-hydrogen) atoms. The van der Waals surface area contributed by atoms with Crippen molar-refractivity contribution in [1.82, 2.24) is 5.43 Å². The highest BCUT2D eigenvalue weighted by atomic mass is 35.5. The van der Waals surface area contributed by atoms with E-state index in [1.165, 1.54) is 11.3 Å². The van der Waals surface area contributed by atoms with Crippen LogP contribution in [-0.2, 0) is 0 Å². The Morgan fingerprint density at radius 3 is 2.41 bits per heavy atom. The smallest absolute Gasteiger partial charge is 0.118 e. The van der Waals surface area contributed by atoms with Gasteiger partial charge >= 0.3 is 0 Å². The Labute approximate surface area is 109 Å². The molecule has 2 rings (SSSR count). The van der Waals surface area contributed by atoms with Crippen LogP contribution in [0.4, 0.5) is 0 Å². The molecule has 0 spiro atoms. The Balaban J connectivity index is 2.28. The van der Waals surface area contributed by atoms with Gasteiger partial charge in [0.05, 0.1) is 17.5 Å². The Hall–Kier alpha value is -1.07. The number of methoxy groups -OCH3 is 1. The number of hydrogen-bond acceptors (Lipinski definition) is 4. The average molecular weight is 269 g/mol. The van der Waals surface area contributed by atoms with E-state index < -0.39 is 0 Å². The molecule has 0 saturated carbocycles. The van der Waals surface area contributed by atoms with Crippen molar-refractivity contribution in [2.45, 2.75) is 6.04 Å². The second kappa shape index (κ2) is 5.51. The number of thiophene rings is 1. The Morgan fingerprint density at radius 2 is 1.94 bits per heavy atom. The van der Waals surface area contributed by atoms with Gasteiger partial charge in [0.15, 0.2) is 0 Å². The first-order chi connectivity index (χ1) is 8.24. The Morgan fingerprint density at radius 1 is 1.24 bits per heavy atom. The summed E-state index contributed by atoms with van der Waals surface area (Å²) in [6.45, 7) is 0. The van der Waals surface area contributed by atoms with Crippen LogP contribution < -0.4 is 16.0 Å². The van der Waals surface area contributed by atoms with Crippen LogP contribution >= 0.6 is 22.9 Å². The summed E-state index contributed by atoms with van der Waals surface area (Å²) in [5.41, 5.74) is 3.87. The molecule has 5 heteroatoms. The van der Waals surface area contributed by atoms with Gasteiger partial charge in [-0.1, -0.05) is 23.7 Å². The van der Waals surface area contributed by atoms with Crippen LogP contribution in [-0.4, -0.2) is 7.11 Å². The van der Waals surface area contributed by atoms with Crippen molar-refractivity contribution in [2.24, 2.45) is 5.84 Å². The van der Waals surface area contributed by atoms with Crippen LogP contribution in [0, 0.1) is 0 Å². The SMILES string of the molecule is COc1ccc(C(NN)c2ccc(Cl)s2)cc1. The second-order valence-electron chi connectivity index (χ2n) is 3.51. The van der Waals surface area contributed by atoms with Gasteiger partial charge in [-0.05, 0) is 29.8 Å². The normalized spacial score (nSPS) is 12.4. The van der Waals surface area contributed by atoms with Gasteiger partial charge < -0.3 is 4.74 Å². The molecule has 0 amide bonds. The number of nitrogens with two attached hydrogens (primary N) is 1. The zero-order chi connectivity index (χ0) is 12.3. The molecule has 0 aliphatic carbocycles. The molecule has 90 valence electrons. The third-order valence-corrected chi connectivity index (χ3v) is 3.79. The van der Waals surface area contributed by atoms with Gasteiger partial charge in [0.1, 0.15) is 5.75 Å². The van der Waals surface area contributed by atoms with E-state index in [1.54, 1.807) is 7.11 Å². The fourth-order valence-corrected chi connectivity index (χ4v) is 2.77. The number of rotatable bonds is 4. The van der Waals surface area contributed by atoms with E-state index in [-0.39, 0.29) is 6.04 Å².